The molecule has 288 valence electrons. The average molecular weight is 734 g/mol. The summed E-state index contributed by atoms with van der Waals surface area (Å²) in [4.78, 5) is 39.9. The van der Waals surface area contributed by atoms with E-state index in [0.29, 0.717) is 11.5 Å². The summed E-state index contributed by atoms with van der Waals surface area (Å²) in [6, 6.07) is 2.34. The van der Waals surface area contributed by atoms with Gasteiger partial charge >= 0.3 is 5.97 Å². The lowest BCUT2D eigenvalue weighted by Gasteiger charge is -2.65. The Labute approximate surface area is 321 Å². The molecular formula is C47H59NO6. The lowest BCUT2D eigenvalue weighted by Crippen LogP contribution is -2.61. The lowest BCUT2D eigenvalue weighted by molar-refractivity contribution is -0.185. The minimum atomic E-state index is -0.841. The monoisotopic (exact) mass is 733 g/mol. The maximum atomic E-state index is 15.0. The third-order valence-electron chi connectivity index (χ3n) is 15.8. The molecule has 0 bridgehead atoms. The van der Waals surface area contributed by atoms with Gasteiger partial charge in [-0.3, -0.25) is 14.4 Å². The van der Waals surface area contributed by atoms with E-state index < -0.39 is 22.7 Å². The summed E-state index contributed by atoms with van der Waals surface area (Å²) < 4.78 is 12.7. The molecule has 1 aromatic rings. The number of hydrogen-bond acceptors (Lipinski definition) is 6. The third kappa shape index (κ3) is 4.69. The second-order valence-electron chi connectivity index (χ2n) is 19.5. The molecule has 0 saturated heterocycles. The molecule has 1 amide bonds. The van der Waals surface area contributed by atoms with Crippen LogP contribution in [0, 0.1) is 39.9 Å². The van der Waals surface area contributed by atoms with E-state index in [0.717, 1.165) is 65.5 Å². The van der Waals surface area contributed by atoms with E-state index in [1.54, 1.807) is 14.0 Å². The van der Waals surface area contributed by atoms with Crippen LogP contribution in [0.25, 0.3) is 11.1 Å². The Morgan fingerprint density at radius 1 is 1.02 bits per heavy atom. The molecule has 3 unspecified atom stereocenters. The molecule has 0 aromatic heterocycles. The second kappa shape index (κ2) is 11.7. The van der Waals surface area contributed by atoms with Crippen LogP contribution in [-0.4, -0.2) is 47.1 Å². The number of carbonyl (C=O) groups excluding carboxylic acids is 3. The molecule has 2 fully saturated rings. The zero-order valence-electron chi connectivity index (χ0n) is 34.2. The highest BCUT2D eigenvalue weighted by atomic mass is 16.5. The number of aliphatic hydroxyl groups is 1. The molecule has 1 aliphatic heterocycles. The Hall–Kier alpha value is -3.55. The number of hydrogen-bond donors (Lipinski definition) is 2. The van der Waals surface area contributed by atoms with E-state index in [1.807, 2.05) is 19.1 Å². The van der Waals surface area contributed by atoms with Gasteiger partial charge in [-0.05, 0) is 142 Å². The fraction of sp³-hybridized carbons (Fsp3) is 0.596. The van der Waals surface area contributed by atoms with Gasteiger partial charge < -0.3 is 19.9 Å². The van der Waals surface area contributed by atoms with Crippen molar-refractivity contribution in [2.45, 2.75) is 131 Å². The van der Waals surface area contributed by atoms with Gasteiger partial charge in [-0.15, -0.1) is 0 Å². The normalized spacial score (nSPS) is 39.3. The molecule has 0 spiro atoms. The second-order valence-corrected chi connectivity index (χ2v) is 19.5. The minimum Gasteiger partial charge on any atom is -0.462 e. The molecule has 2 saturated carbocycles. The van der Waals surface area contributed by atoms with Gasteiger partial charge in [0.2, 0.25) is 5.91 Å². The maximum Gasteiger partial charge on any atom is 0.302 e. The van der Waals surface area contributed by atoms with E-state index in [1.165, 1.54) is 23.6 Å². The number of ether oxygens (including phenoxy) is 2. The number of ketones is 1. The smallest absolute Gasteiger partial charge is 0.302 e. The Balaban J connectivity index is 1.30. The highest BCUT2D eigenvalue weighted by Crippen LogP contribution is 2.78. The standard InChI is InChI=1S/C47H59NO6/c1-23(2)33-36-34-27(21-28-30-22-43(5,6)54-44(7,8)39(30)41(51)35(28)37(34)40(33)50)29-20-26-15-16-31-45(9,18-13-14-24(3)42(52)48-12)32(53-25(4)49)17-19-46(31,10)47(26,11)38(29)36/h13-14,18,21-22,26,31-33,36,39,41,51H,1,15-17,19-20H2,2-12H3,(H,48,52)/b18-13+,24-14+/t26?,31-,32-,33+,36?,39?,41+,45-,46-,47+/m0/s1. The summed E-state index contributed by atoms with van der Waals surface area (Å²) in [6.45, 7) is 25.3. The molecule has 2 N–H and O–H groups in total. The van der Waals surface area contributed by atoms with Crippen LogP contribution in [0.15, 0.2) is 53.7 Å². The first-order valence-electron chi connectivity index (χ1n) is 20.2. The molecule has 7 heteroatoms. The van der Waals surface area contributed by atoms with Gasteiger partial charge in [0.1, 0.15) is 6.10 Å². The Bertz CT molecular complexity index is 2060. The molecule has 7 nitrogen and oxygen atoms in total. The Morgan fingerprint density at radius 3 is 2.37 bits per heavy atom. The number of aliphatic hydroxyl groups excluding tert-OH is 1. The van der Waals surface area contributed by atoms with Crippen LogP contribution < -0.4 is 5.32 Å². The third-order valence-corrected chi connectivity index (χ3v) is 15.8. The minimum absolute atomic E-state index is 0.0950. The summed E-state index contributed by atoms with van der Waals surface area (Å²) >= 11 is 0. The predicted octanol–water partition coefficient (Wildman–Crippen LogP) is 8.98. The van der Waals surface area contributed by atoms with Crippen LogP contribution in [0.3, 0.4) is 0 Å². The van der Waals surface area contributed by atoms with Crippen LogP contribution >= 0.6 is 0 Å². The zero-order valence-corrected chi connectivity index (χ0v) is 34.2. The molecule has 10 atom stereocenters. The van der Waals surface area contributed by atoms with Crippen molar-refractivity contribution in [2.75, 3.05) is 7.05 Å². The van der Waals surface area contributed by atoms with Crippen LogP contribution in [0.4, 0.5) is 0 Å². The van der Waals surface area contributed by atoms with Crippen LogP contribution in [0.2, 0.25) is 0 Å². The quantitative estimate of drug-likeness (QED) is 0.136. The van der Waals surface area contributed by atoms with Gasteiger partial charge in [-0.2, -0.15) is 0 Å². The van der Waals surface area contributed by atoms with Gasteiger partial charge in [0.05, 0.1) is 23.2 Å². The summed E-state index contributed by atoms with van der Waals surface area (Å²) in [6.07, 6.45) is 11.7. The van der Waals surface area contributed by atoms with Crippen LogP contribution in [-0.2, 0) is 19.1 Å². The molecule has 0 radical (unpaired) electrons. The zero-order chi connectivity index (χ0) is 39.2. The van der Waals surface area contributed by atoms with E-state index in [4.69, 9.17) is 9.47 Å². The van der Waals surface area contributed by atoms with E-state index in [2.05, 4.69) is 78.6 Å². The number of likely N-dealkylation sites (N-methyl/N-ethyl adjacent to an activating group) is 1. The molecule has 7 aliphatic rings. The highest BCUT2D eigenvalue weighted by molar-refractivity contribution is 6.12. The number of fused-ring (bicyclic) bond motifs is 10. The predicted molar refractivity (Wildman–Crippen MR) is 211 cm³/mol. The van der Waals surface area contributed by atoms with Crippen molar-refractivity contribution in [3.05, 3.63) is 81.5 Å². The number of amides is 1. The van der Waals surface area contributed by atoms with Gasteiger partial charge in [0.15, 0.2) is 5.78 Å². The first kappa shape index (κ1) is 37.4. The fourth-order valence-corrected chi connectivity index (χ4v) is 13.7. The van der Waals surface area contributed by atoms with Crippen molar-refractivity contribution in [1.29, 1.82) is 0 Å². The average Bonchev–Trinajstić information content (AvgIpc) is 3.74. The van der Waals surface area contributed by atoms with Gasteiger partial charge in [0.25, 0.3) is 0 Å². The molecule has 1 aromatic carbocycles. The molecule has 54 heavy (non-hydrogen) atoms. The van der Waals surface area contributed by atoms with Crippen molar-refractivity contribution in [3.8, 4) is 0 Å². The van der Waals surface area contributed by atoms with Crippen molar-refractivity contribution < 1.29 is 29.0 Å². The maximum absolute atomic E-state index is 15.0. The number of esters is 1. The highest BCUT2D eigenvalue weighted by Gasteiger charge is 2.70. The van der Waals surface area contributed by atoms with E-state index in [-0.39, 0.29) is 58.3 Å². The topological polar surface area (TPSA) is 102 Å². The van der Waals surface area contributed by atoms with Crippen LogP contribution in [0.1, 0.15) is 146 Å². The Morgan fingerprint density at radius 2 is 1.72 bits per heavy atom. The van der Waals surface area contributed by atoms with Gasteiger partial charge in [-0.1, -0.05) is 56.7 Å². The molecule has 6 aliphatic carbocycles. The van der Waals surface area contributed by atoms with Crippen molar-refractivity contribution >= 4 is 28.8 Å². The van der Waals surface area contributed by atoms with E-state index in [9.17, 15) is 14.7 Å². The molecule has 8 rings (SSSR count). The molecule has 1 heterocycles. The number of nitrogens with one attached hydrogen (secondary N) is 1. The summed E-state index contributed by atoms with van der Waals surface area (Å²) in [5, 5.41) is 14.9. The SMILES string of the molecule is C=C(C)[C@H]1C(=O)c2c3c(cc4c2[C@@H](O)C2C4=CC(C)(C)OC2(C)C)C2=C(C31)[C@@]1(C)C(CC[C@H]3[C@](C)(/C=C/C=C(\C)C(=O)NC)[C@@H](OC(C)=O)CC[C@@]31C)C2. The first-order chi connectivity index (χ1) is 25.1. The number of carbonyl (C=O) groups is 3. The first-order valence-corrected chi connectivity index (χ1v) is 20.2. The summed E-state index contributed by atoms with van der Waals surface area (Å²) in [5.41, 5.74) is 8.21. The van der Waals surface area contributed by atoms with Crippen molar-refractivity contribution in [3.63, 3.8) is 0 Å². The number of benzene rings is 1. The van der Waals surface area contributed by atoms with Crippen molar-refractivity contribution in [2.24, 2.45) is 39.9 Å². The van der Waals surface area contributed by atoms with Crippen LogP contribution in [0.5, 0.6) is 0 Å². The molecular weight excluding hydrogens is 675 g/mol. The van der Waals surface area contributed by atoms with Gasteiger partial charge in [-0.25, -0.2) is 0 Å². The van der Waals surface area contributed by atoms with E-state index >= 15 is 4.79 Å². The summed E-state index contributed by atoms with van der Waals surface area (Å²) in [7, 11) is 1.63. The van der Waals surface area contributed by atoms with Gasteiger partial charge in [0, 0.05) is 42.4 Å². The lowest BCUT2D eigenvalue weighted by atomic mass is 9.39. The Kier molecular flexibility index (Phi) is 8.12. The number of Topliss-reactive ketones (excluding diaryl/α,β-unsaturated/α-hetero) is 1. The van der Waals surface area contributed by atoms with Crippen molar-refractivity contribution in [1.82, 2.24) is 5.32 Å². The number of allylic oxidation sites excluding steroid dienone is 5. The summed E-state index contributed by atoms with van der Waals surface area (Å²) in [5.74, 6) is -0.484. The number of rotatable bonds is 5. The fourth-order valence-electron chi connectivity index (χ4n) is 13.7. The largest absolute Gasteiger partial charge is 0.462 e.